The van der Waals surface area contributed by atoms with Crippen LogP contribution < -0.4 is 0 Å². The van der Waals surface area contributed by atoms with Crippen LogP contribution in [0.4, 0.5) is 0 Å². The highest BCUT2D eigenvalue weighted by molar-refractivity contribution is 4.63. The van der Waals surface area contributed by atoms with Crippen LogP contribution in [0.25, 0.3) is 0 Å². The van der Waals surface area contributed by atoms with E-state index in [-0.39, 0.29) is 0 Å². The summed E-state index contributed by atoms with van der Waals surface area (Å²) in [6, 6.07) is 0. The minimum absolute atomic E-state index is 0.563. The first kappa shape index (κ1) is 28.5. The molecule has 0 saturated carbocycles. The molecule has 0 unspecified atom stereocenters. The predicted molar refractivity (Wildman–Crippen MR) is 118 cm³/mol. The van der Waals surface area contributed by atoms with Gasteiger partial charge in [0.15, 0.2) is 0 Å². The molecule has 0 spiro atoms. The average Bonchev–Trinajstić information content (AvgIpc) is 2.74. The van der Waals surface area contributed by atoms with Crippen molar-refractivity contribution in [3.63, 3.8) is 0 Å². The van der Waals surface area contributed by atoms with Crippen molar-refractivity contribution >= 4 is 0 Å². The fourth-order valence-electron chi connectivity index (χ4n) is 2.60. The maximum Gasteiger partial charge on any atom is 0.0704 e. The summed E-state index contributed by atoms with van der Waals surface area (Å²) >= 11 is 0. The second-order valence-electron chi connectivity index (χ2n) is 6.90. The Bertz CT molecular complexity index is 301. The lowest BCUT2D eigenvalue weighted by Crippen LogP contribution is -2.14. The molecule has 174 valence electrons. The molecule has 0 fully saturated rings. The van der Waals surface area contributed by atoms with Gasteiger partial charge in [-0.25, -0.2) is 0 Å². The SMILES string of the molecule is C=CCOCCOCCOCCOCCOCCOCCCCCCCCCC. The molecular formula is C23H46O6. The van der Waals surface area contributed by atoms with Gasteiger partial charge in [-0.05, 0) is 6.42 Å². The highest BCUT2D eigenvalue weighted by atomic mass is 16.6. The molecule has 6 nitrogen and oxygen atoms in total. The molecule has 0 atom stereocenters. The van der Waals surface area contributed by atoms with E-state index in [4.69, 9.17) is 28.4 Å². The second kappa shape index (κ2) is 27.5. The zero-order chi connectivity index (χ0) is 21.1. The van der Waals surface area contributed by atoms with Crippen molar-refractivity contribution in [2.75, 3.05) is 79.3 Å². The molecule has 0 N–H and O–H groups in total. The Hall–Kier alpha value is -0.500. The van der Waals surface area contributed by atoms with Crippen molar-refractivity contribution in [1.29, 1.82) is 0 Å². The van der Waals surface area contributed by atoms with E-state index in [1.807, 2.05) is 0 Å². The third kappa shape index (κ3) is 27.5. The summed E-state index contributed by atoms with van der Waals surface area (Å²) in [6.07, 6.45) is 12.3. The third-order valence-electron chi connectivity index (χ3n) is 4.24. The second-order valence-corrected chi connectivity index (χ2v) is 6.90. The minimum Gasteiger partial charge on any atom is -0.379 e. The fraction of sp³-hybridized carbons (Fsp3) is 0.913. The van der Waals surface area contributed by atoms with Crippen molar-refractivity contribution < 1.29 is 28.4 Å². The van der Waals surface area contributed by atoms with E-state index in [2.05, 4.69) is 13.5 Å². The quantitative estimate of drug-likeness (QED) is 0.153. The number of unbranched alkanes of at least 4 members (excludes halogenated alkanes) is 7. The highest BCUT2D eigenvalue weighted by Crippen LogP contribution is 2.08. The fourth-order valence-corrected chi connectivity index (χ4v) is 2.60. The predicted octanol–water partition coefficient (Wildman–Crippen LogP) is 4.41. The first-order valence-corrected chi connectivity index (χ1v) is 11.5. The van der Waals surface area contributed by atoms with E-state index in [0.29, 0.717) is 72.7 Å². The van der Waals surface area contributed by atoms with Crippen LogP contribution in [0.5, 0.6) is 0 Å². The van der Waals surface area contributed by atoms with E-state index in [1.54, 1.807) is 6.08 Å². The van der Waals surface area contributed by atoms with Crippen LogP contribution in [-0.4, -0.2) is 79.3 Å². The molecule has 0 radical (unpaired) electrons. The van der Waals surface area contributed by atoms with E-state index in [9.17, 15) is 0 Å². The molecule has 0 aliphatic carbocycles. The van der Waals surface area contributed by atoms with Gasteiger partial charge in [-0.15, -0.1) is 6.58 Å². The molecule has 0 rings (SSSR count). The minimum atomic E-state index is 0.563. The van der Waals surface area contributed by atoms with Crippen LogP contribution in [0.1, 0.15) is 58.3 Å². The van der Waals surface area contributed by atoms with Crippen molar-refractivity contribution in [1.82, 2.24) is 0 Å². The van der Waals surface area contributed by atoms with Gasteiger partial charge in [0.2, 0.25) is 0 Å². The summed E-state index contributed by atoms with van der Waals surface area (Å²) in [5.41, 5.74) is 0. The number of rotatable bonds is 26. The molecule has 29 heavy (non-hydrogen) atoms. The Morgan fingerprint density at radius 2 is 0.793 bits per heavy atom. The summed E-state index contributed by atoms with van der Waals surface area (Å²) in [5.74, 6) is 0. The van der Waals surface area contributed by atoms with Crippen LogP contribution >= 0.6 is 0 Å². The van der Waals surface area contributed by atoms with E-state index in [1.165, 1.54) is 44.9 Å². The lowest BCUT2D eigenvalue weighted by Gasteiger charge is -2.08. The van der Waals surface area contributed by atoms with Gasteiger partial charge in [0.05, 0.1) is 72.7 Å². The Morgan fingerprint density at radius 3 is 1.21 bits per heavy atom. The van der Waals surface area contributed by atoms with Crippen molar-refractivity contribution in [3.05, 3.63) is 12.7 Å². The number of ether oxygens (including phenoxy) is 6. The van der Waals surface area contributed by atoms with Gasteiger partial charge in [-0.2, -0.15) is 0 Å². The topological polar surface area (TPSA) is 55.4 Å². The Labute approximate surface area is 179 Å². The standard InChI is InChI=1S/C23H46O6/c1-3-5-6-7-8-9-10-11-13-25-15-17-27-19-21-29-23-22-28-20-18-26-16-14-24-12-4-2/h4H,2-3,5-23H2,1H3. The van der Waals surface area contributed by atoms with Gasteiger partial charge >= 0.3 is 0 Å². The van der Waals surface area contributed by atoms with Gasteiger partial charge in [-0.3, -0.25) is 0 Å². The number of hydrogen-bond acceptors (Lipinski definition) is 6. The Morgan fingerprint density at radius 1 is 0.448 bits per heavy atom. The van der Waals surface area contributed by atoms with Crippen molar-refractivity contribution in [3.8, 4) is 0 Å². The van der Waals surface area contributed by atoms with Crippen LogP contribution in [-0.2, 0) is 28.4 Å². The van der Waals surface area contributed by atoms with Crippen LogP contribution in [0, 0.1) is 0 Å². The zero-order valence-corrected chi connectivity index (χ0v) is 18.9. The monoisotopic (exact) mass is 418 g/mol. The normalized spacial score (nSPS) is 11.2. The van der Waals surface area contributed by atoms with Crippen LogP contribution in [0.3, 0.4) is 0 Å². The number of hydrogen-bond donors (Lipinski definition) is 0. The average molecular weight is 419 g/mol. The molecule has 6 heteroatoms. The molecule has 0 aromatic rings. The molecular weight excluding hydrogens is 372 g/mol. The van der Waals surface area contributed by atoms with E-state index >= 15 is 0 Å². The maximum atomic E-state index is 5.59. The molecule has 0 bridgehead atoms. The molecule has 0 saturated heterocycles. The summed E-state index contributed by atoms with van der Waals surface area (Å²) in [7, 11) is 0. The van der Waals surface area contributed by atoms with Gasteiger partial charge in [0.25, 0.3) is 0 Å². The first-order chi connectivity index (χ1) is 14.4. The van der Waals surface area contributed by atoms with Gasteiger partial charge in [0.1, 0.15) is 0 Å². The van der Waals surface area contributed by atoms with Crippen molar-refractivity contribution in [2.24, 2.45) is 0 Å². The van der Waals surface area contributed by atoms with E-state index in [0.717, 1.165) is 13.0 Å². The van der Waals surface area contributed by atoms with Gasteiger partial charge in [-0.1, -0.05) is 57.9 Å². The summed E-state index contributed by atoms with van der Waals surface area (Å²) in [6.45, 7) is 13.1. The molecule has 0 aromatic heterocycles. The zero-order valence-electron chi connectivity index (χ0n) is 18.9. The van der Waals surface area contributed by atoms with Crippen LogP contribution in [0.15, 0.2) is 12.7 Å². The lowest BCUT2D eigenvalue weighted by molar-refractivity contribution is -0.0158. The first-order valence-electron chi connectivity index (χ1n) is 11.5. The highest BCUT2D eigenvalue weighted by Gasteiger charge is 1.95. The molecule has 0 heterocycles. The van der Waals surface area contributed by atoms with Crippen LogP contribution in [0.2, 0.25) is 0 Å². The van der Waals surface area contributed by atoms with Gasteiger partial charge in [0, 0.05) is 6.61 Å². The van der Waals surface area contributed by atoms with Crippen molar-refractivity contribution in [2.45, 2.75) is 58.3 Å². The third-order valence-corrected chi connectivity index (χ3v) is 4.24. The van der Waals surface area contributed by atoms with E-state index < -0.39 is 0 Å². The summed E-state index contributed by atoms with van der Waals surface area (Å²) < 4.78 is 32.5. The summed E-state index contributed by atoms with van der Waals surface area (Å²) in [5, 5.41) is 0. The Balaban J connectivity index is 2.97. The Kier molecular flexibility index (Phi) is 27.0. The molecule has 0 aromatic carbocycles. The smallest absolute Gasteiger partial charge is 0.0704 e. The largest absolute Gasteiger partial charge is 0.379 e. The summed E-state index contributed by atoms with van der Waals surface area (Å²) in [4.78, 5) is 0. The van der Waals surface area contributed by atoms with Gasteiger partial charge < -0.3 is 28.4 Å². The molecule has 0 amide bonds. The molecule has 0 aliphatic rings. The maximum absolute atomic E-state index is 5.59. The lowest BCUT2D eigenvalue weighted by atomic mass is 10.1. The molecule has 0 aliphatic heterocycles.